The first-order valence-electron chi connectivity index (χ1n) is 6.17. The normalized spacial score (nSPS) is 19.2. The maximum atomic E-state index is 11.5. The molecule has 0 aromatic heterocycles. The monoisotopic (exact) mass is 248 g/mol. The Morgan fingerprint density at radius 3 is 2.44 bits per heavy atom. The van der Waals surface area contributed by atoms with E-state index >= 15 is 0 Å². The third kappa shape index (κ3) is 3.95. The number of hydrogen-bond acceptors (Lipinski definition) is 2. The molecule has 3 N–H and O–H groups in total. The van der Waals surface area contributed by atoms with Gasteiger partial charge in [-0.2, -0.15) is 0 Å². The zero-order valence-corrected chi connectivity index (χ0v) is 11.2. The van der Waals surface area contributed by atoms with E-state index < -0.39 is 0 Å². The first kappa shape index (κ1) is 15.7. The summed E-state index contributed by atoms with van der Waals surface area (Å²) < 4.78 is 0. The number of rotatable bonds is 6. The zero-order valence-electron chi connectivity index (χ0n) is 10.4. The summed E-state index contributed by atoms with van der Waals surface area (Å²) in [5, 5.41) is 3.00. The lowest BCUT2D eigenvalue weighted by Gasteiger charge is -2.42. The van der Waals surface area contributed by atoms with Crippen molar-refractivity contribution in [2.24, 2.45) is 11.1 Å². The van der Waals surface area contributed by atoms with Gasteiger partial charge in [-0.3, -0.25) is 4.79 Å². The lowest BCUT2D eigenvalue weighted by atomic mass is 9.66. The van der Waals surface area contributed by atoms with Gasteiger partial charge in [0.05, 0.1) is 6.04 Å². The van der Waals surface area contributed by atoms with Crippen LogP contribution >= 0.6 is 12.4 Å². The van der Waals surface area contributed by atoms with Gasteiger partial charge in [0, 0.05) is 6.54 Å². The van der Waals surface area contributed by atoms with Crippen LogP contribution in [0.5, 0.6) is 0 Å². The average Bonchev–Trinajstić information content (AvgIpc) is 2.20. The minimum atomic E-state index is -0.330. The van der Waals surface area contributed by atoms with Gasteiger partial charge in [-0.15, -0.1) is 12.4 Å². The second-order valence-electron chi connectivity index (χ2n) is 4.84. The molecule has 1 atom stereocenters. The van der Waals surface area contributed by atoms with Gasteiger partial charge < -0.3 is 11.1 Å². The van der Waals surface area contributed by atoms with Crippen LogP contribution in [0, 0.1) is 5.41 Å². The topological polar surface area (TPSA) is 55.1 Å². The van der Waals surface area contributed by atoms with Gasteiger partial charge in [0.1, 0.15) is 0 Å². The second-order valence-corrected chi connectivity index (χ2v) is 4.84. The number of halogens is 1. The van der Waals surface area contributed by atoms with E-state index in [0.717, 1.165) is 6.54 Å². The van der Waals surface area contributed by atoms with E-state index in [4.69, 9.17) is 5.73 Å². The van der Waals surface area contributed by atoms with Gasteiger partial charge in [0.15, 0.2) is 0 Å². The first-order valence-corrected chi connectivity index (χ1v) is 6.17. The lowest BCUT2D eigenvalue weighted by Crippen LogP contribution is -2.47. The third-order valence-electron chi connectivity index (χ3n) is 3.61. The Morgan fingerprint density at radius 1 is 1.44 bits per heavy atom. The summed E-state index contributed by atoms with van der Waals surface area (Å²) in [7, 11) is 0. The van der Waals surface area contributed by atoms with Crippen molar-refractivity contribution in [3.63, 3.8) is 0 Å². The number of amides is 1. The molecule has 1 aliphatic carbocycles. The van der Waals surface area contributed by atoms with Gasteiger partial charge in [0.25, 0.3) is 0 Å². The molecule has 0 saturated heterocycles. The maximum absolute atomic E-state index is 11.5. The van der Waals surface area contributed by atoms with E-state index in [1.807, 2.05) is 6.92 Å². The molecular weight excluding hydrogens is 224 g/mol. The van der Waals surface area contributed by atoms with Crippen molar-refractivity contribution in [3.8, 4) is 0 Å². The predicted octanol–water partition coefficient (Wildman–Crippen LogP) is 2.23. The summed E-state index contributed by atoms with van der Waals surface area (Å²) in [6.45, 7) is 4.97. The molecule has 0 unspecified atom stereocenters. The minimum absolute atomic E-state index is 0. The summed E-state index contributed by atoms with van der Waals surface area (Å²) in [5.41, 5.74) is 6.07. The van der Waals surface area contributed by atoms with E-state index in [0.29, 0.717) is 11.8 Å². The Morgan fingerprint density at radius 2 is 2.06 bits per heavy atom. The third-order valence-corrected chi connectivity index (χ3v) is 3.61. The van der Waals surface area contributed by atoms with Crippen molar-refractivity contribution in [3.05, 3.63) is 0 Å². The standard InChI is InChI=1S/C12H24N2O.ClH/c1-3-6-12(7-5-8-12)9-14-11(15)10(13)4-2;/h10H,3-9,13H2,1-2H3,(H,14,15);1H/t10-;/m0./s1. The van der Waals surface area contributed by atoms with Crippen LogP contribution < -0.4 is 11.1 Å². The highest BCUT2D eigenvalue weighted by atomic mass is 35.5. The number of nitrogens with two attached hydrogens (primary N) is 1. The molecule has 4 heteroatoms. The van der Waals surface area contributed by atoms with Crippen LogP contribution in [0.25, 0.3) is 0 Å². The van der Waals surface area contributed by atoms with Gasteiger partial charge in [-0.25, -0.2) is 0 Å². The average molecular weight is 249 g/mol. The van der Waals surface area contributed by atoms with Crippen molar-refractivity contribution in [1.29, 1.82) is 0 Å². The maximum Gasteiger partial charge on any atom is 0.236 e. The number of carbonyl (C=O) groups excluding carboxylic acids is 1. The van der Waals surface area contributed by atoms with Crippen LogP contribution in [0.4, 0.5) is 0 Å². The van der Waals surface area contributed by atoms with E-state index in [9.17, 15) is 4.79 Å². The highest BCUT2D eigenvalue weighted by Crippen LogP contribution is 2.44. The number of carbonyl (C=O) groups is 1. The van der Waals surface area contributed by atoms with Crippen molar-refractivity contribution >= 4 is 18.3 Å². The summed E-state index contributed by atoms with van der Waals surface area (Å²) in [5.74, 6) is 0.0138. The zero-order chi connectivity index (χ0) is 11.3. The van der Waals surface area contributed by atoms with E-state index in [1.165, 1.54) is 32.1 Å². The molecule has 1 amide bonds. The van der Waals surface area contributed by atoms with Crippen LogP contribution in [-0.4, -0.2) is 18.5 Å². The molecule has 0 radical (unpaired) electrons. The van der Waals surface area contributed by atoms with E-state index in [2.05, 4.69) is 12.2 Å². The van der Waals surface area contributed by atoms with E-state index in [-0.39, 0.29) is 24.4 Å². The van der Waals surface area contributed by atoms with E-state index in [1.54, 1.807) is 0 Å². The Kier molecular flexibility index (Phi) is 7.00. The van der Waals surface area contributed by atoms with Crippen LogP contribution in [0.15, 0.2) is 0 Å². The molecule has 1 saturated carbocycles. The van der Waals surface area contributed by atoms with Gasteiger partial charge in [-0.05, 0) is 31.1 Å². The van der Waals surface area contributed by atoms with Gasteiger partial charge >= 0.3 is 0 Å². The minimum Gasteiger partial charge on any atom is -0.354 e. The smallest absolute Gasteiger partial charge is 0.236 e. The Hall–Kier alpha value is -0.280. The lowest BCUT2D eigenvalue weighted by molar-refractivity contribution is -0.123. The molecule has 0 aliphatic heterocycles. The quantitative estimate of drug-likeness (QED) is 0.758. The molecular formula is C12H25ClN2O. The van der Waals surface area contributed by atoms with Crippen molar-refractivity contribution in [1.82, 2.24) is 5.32 Å². The molecule has 0 heterocycles. The van der Waals surface area contributed by atoms with Crippen LogP contribution in [-0.2, 0) is 4.79 Å². The van der Waals surface area contributed by atoms with Crippen molar-refractivity contribution in [2.45, 2.75) is 58.4 Å². The molecule has 96 valence electrons. The summed E-state index contributed by atoms with van der Waals surface area (Å²) in [4.78, 5) is 11.5. The highest BCUT2D eigenvalue weighted by Gasteiger charge is 2.36. The number of hydrogen-bond donors (Lipinski definition) is 2. The fraction of sp³-hybridized carbons (Fsp3) is 0.917. The molecule has 1 fully saturated rings. The molecule has 1 aliphatic rings. The van der Waals surface area contributed by atoms with Crippen LogP contribution in [0.3, 0.4) is 0 Å². The Balaban J connectivity index is 0.00000225. The van der Waals surface area contributed by atoms with Gasteiger partial charge in [0.2, 0.25) is 5.91 Å². The summed E-state index contributed by atoms with van der Waals surface area (Å²) in [6, 6.07) is -0.330. The Bertz CT molecular complexity index is 217. The molecule has 0 aromatic rings. The summed E-state index contributed by atoms with van der Waals surface area (Å²) in [6.07, 6.45) is 7.00. The molecule has 0 aromatic carbocycles. The molecule has 16 heavy (non-hydrogen) atoms. The molecule has 3 nitrogen and oxygen atoms in total. The second kappa shape index (κ2) is 7.13. The van der Waals surface area contributed by atoms with Crippen LogP contribution in [0.1, 0.15) is 52.4 Å². The van der Waals surface area contributed by atoms with Crippen LogP contribution in [0.2, 0.25) is 0 Å². The molecule has 1 rings (SSSR count). The fourth-order valence-corrected chi connectivity index (χ4v) is 2.31. The van der Waals surface area contributed by atoms with Gasteiger partial charge in [-0.1, -0.05) is 26.7 Å². The summed E-state index contributed by atoms with van der Waals surface area (Å²) >= 11 is 0. The van der Waals surface area contributed by atoms with Crippen molar-refractivity contribution < 1.29 is 4.79 Å². The largest absolute Gasteiger partial charge is 0.354 e. The number of nitrogens with one attached hydrogen (secondary N) is 1. The highest BCUT2D eigenvalue weighted by molar-refractivity contribution is 5.85. The fourth-order valence-electron chi connectivity index (χ4n) is 2.31. The molecule has 0 spiro atoms. The predicted molar refractivity (Wildman–Crippen MR) is 69.7 cm³/mol. The SMILES string of the molecule is CCCC1(CNC(=O)[C@@H](N)CC)CCC1.Cl. The Labute approximate surface area is 105 Å². The first-order chi connectivity index (χ1) is 7.13. The molecule has 0 bridgehead atoms. The van der Waals surface area contributed by atoms with Crippen molar-refractivity contribution in [2.75, 3.05) is 6.54 Å².